The van der Waals surface area contributed by atoms with Crippen molar-refractivity contribution >= 4 is 17.9 Å². The number of likely N-dealkylation sites (tertiary alicyclic amines) is 1. The van der Waals surface area contributed by atoms with Crippen molar-refractivity contribution in [1.29, 1.82) is 0 Å². The predicted octanol–water partition coefficient (Wildman–Crippen LogP) is 1.60. The van der Waals surface area contributed by atoms with Crippen molar-refractivity contribution < 1.29 is 32.3 Å². The van der Waals surface area contributed by atoms with E-state index in [1.807, 2.05) is 0 Å². The SMILES string of the molecule is O=C(OCc1ccccc1)N1CC[C@H](NC(=O)C(F)(F)F)C1=O. The maximum absolute atomic E-state index is 12.2. The Bertz CT molecular complexity index is 604. The van der Waals surface area contributed by atoms with E-state index in [9.17, 15) is 27.6 Å². The first-order valence-electron chi connectivity index (χ1n) is 6.69. The molecule has 0 radical (unpaired) electrons. The smallest absolute Gasteiger partial charge is 0.444 e. The molecule has 3 amide bonds. The maximum atomic E-state index is 12.2. The van der Waals surface area contributed by atoms with Gasteiger partial charge in [-0.1, -0.05) is 30.3 Å². The molecule has 0 aromatic heterocycles. The van der Waals surface area contributed by atoms with Gasteiger partial charge < -0.3 is 10.1 Å². The van der Waals surface area contributed by atoms with Crippen molar-refractivity contribution in [2.45, 2.75) is 25.2 Å². The minimum atomic E-state index is -5.08. The van der Waals surface area contributed by atoms with Gasteiger partial charge in [0.1, 0.15) is 12.6 Å². The molecule has 124 valence electrons. The van der Waals surface area contributed by atoms with Crippen molar-refractivity contribution in [1.82, 2.24) is 10.2 Å². The van der Waals surface area contributed by atoms with Crippen molar-refractivity contribution in [2.75, 3.05) is 6.54 Å². The fraction of sp³-hybridized carbons (Fsp3) is 0.357. The van der Waals surface area contributed by atoms with E-state index >= 15 is 0 Å². The van der Waals surface area contributed by atoms with Crippen LogP contribution in [0.1, 0.15) is 12.0 Å². The molecule has 1 saturated heterocycles. The number of alkyl halides is 3. The van der Waals surface area contributed by atoms with Crippen LogP contribution in [0, 0.1) is 0 Å². The number of hydrogen-bond donors (Lipinski definition) is 1. The van der Waals surface area contributed by atoms with Gasteiger partial charge in [0.05, 0.1) is 0 Å². The fourth-order valence-electron chi connectivity index (χ4n) is 2.03. The van der Waals surface area contributed by atoms with E-state index in [0.29, 0.717) is 10.5 Å². The van der Waals surface area contributed by atoms with E-state index in [1.54, 1.807) is 35.6 Å². The highest BCUT2D eigenvalue weighted by molar-refractivity contribution is 5.99. The second kappa shape index (κ2) is 6.67. The molecule has 1 aliphatic rings. The monoisotopic (exact) mass is 330 g/mol. The summed E-state index contributed by atoms with van der Waals surface area (Å²) in [7, 11) is 0. The van der Waals surface area contributed by atoms with E-state index in [0.717, 1.165) is 0 Å². The Morgan fingerprint density at radius 1 is 1.26 bits per heavy atom. The Balaban J connectivity index is 1.88. The topological polar surface area (TPSA) is 75.7 Å². The van der Waals surface area contributed by atoms with Crippen LogP contribution in [-0.4, -0.2) is 41.6 Å². The molecule has 0 unspecified atom stereocenters. The Morgan fingerprint density at radius 2 is 1.91 bits per heavy atom. The molecule has 23 heavy (non-hydrogen) atoms. The predicted molar refractivity (Wildman–Crippen MR) is 70.9 cm³/mol. The molecule has 1 aromatic carbocycles. The van der Waals surface area contributed by atoms with Crippen LogP contribution in [0.15, 0.2) is 30.3 Å². The van der Waals surface area contributed by atoms with Crippen LogP contribution < -0.4 is 5.32 Å². The average Bonchev–Trinajstić information content (AvgIpc) is 2.86. The summed E-state index contributed by atoms with van der Waals surface area (Å²) in [5.74, 6) is -3.13. The molecule has 1 N–H and O–H groups in total. The largest absolute Gasteiger partial charge is 0.471 e. The van der Waals surface area contributed by atoms with Crippen LogP contribution in [0.3, 0.4) is 0 Å². The van der Waals surface area contributed by atoms with Crippen molar-refractivity contribution in [3.63, 3.8) is 0 Å². The van der Waals surface area contributed by atoms with E-state index < -0.39 is 30.1 Å². The molecule has 0 spiro atoms. The van der Waals surface area contributed by atoms with Crippen LogP contribution in [-0.2, 0) is 20.9 Å². The van der Waals surface area contributed by atoms with E-state index in [1.165, 1.54) is 0 Å². The molecule has 1 atom stereocenters. The lowest BCUT2D eigenvalue weighted by molar-refractivity contribution is -0.174. The molecule has 1 heterocycles. The molecular weight excluding hydrogens is 317 g/mol. The summed E-state index contributed by atoms with van der Waals surface area (Å²) >= 11 is 0. The standard InChI is InChI=1S/C14H13F3N2O4/c15-14(16,17)12(21)18-10-6-7-19(11(10)20)13(22)23-8-9-4-2-1-3-5-9/h1-5,10H,6-8H2,(H,18,21)/t10-/m0/s1. The van der Waals surface area contributed by atoms with Crippen LogP contribution in [0.5, 0.6) is 0 Å². The Hall–Kier alpha value is -2.58. The summed E-state index contributed by atoms with van der Waals surface area (Å²) in [4.78, 5) is 35.2. The molecular formula is C14H13F3N2O4. The molecule has 0 bridgehead atoms. The number of imide groups is 1. The third kappa shape index (κ3) is 4.21. The zero-order valence-electron chi connectivity index (χ0n) is 11.8. The highest BCUT2D eigenvalue weighted by Gasteiger charge is 2.44. The van der Waals surface area contributed by atoms with Crippen LogP contribution in [0.2, 0.25) is 0 Å². The van der Waals surface area contributed by atoms with E-state index in [2.05, 4.69) is 0 Å². The third-order valence-corrected chi connectivity index (χ3v) is 3.19. The summed E-state index contributed by atoms with van der Waals surface area (Å²) in [5.41, 5.74) is 0.703. The zero-order valence-corrected chi connectivity index (χ0v) is 11.8. The first-order chi connectivity index (χ1) is 10.8. The number of carbonyl (C=O) groups is 3. The molecule has 9 heteroatoms. The van der Waals surface area contributed by atoms with Gasteiger partial charge in [0.2, 0.25) is 0 Å². The van der Waals surface area contributed by atoms with Gasteiger partial charge >= 0.3 is 18.2 Å². The fourth-order valence-corrected chi connectivity index (χ4v) is 2.03. The van der Waals surface area contributed by atoms with Gasteiger partial charge in [-0.3, -0.25) is 9.59 Å². The van der Waals surface area contributed by atoms with Gasteiger partial charge in [0, 0.05) is 6.54 Å². The number of nitrogens with zero attached hydrogens (tertiary/aromatic N) is 1. The minimum Gasteiger partial charge on any atom is -0.444 e. The second-order valence-electron chi connectivity index (χ2n) is 4.84. The molecule has 1 aromatic rings. The number of benzene rings is 1. The number of ether oxygens (including phenoxy) is 1. The van der Waals surface area contributed by atoms with Gasteiger partial charge in [-0.05, 0) is 12.0 Å². The Labute approximate surface area is 129 Å². The van der Waals surface area contributed by atoms with Crippen molar-refractivity contribution in [3.05, 3.63) is 35.9 Å². The van der Waals surface area contributed by atoms with Crippen LogP contribution in [0.4, 0.5) is 18.0 Å². The molecule has 1 fully saturated rings. The Kier molecular flexibility index (Phi) is 4.87. The molecule has 2 rings (SSSR count). The highest BCUT2D eigenvalue weighted by Crippen LogP contribution is 2.18. The molecule has 1 aliphatic heterocycles. The summed E-state index contributed by atoms with van der Waals surface area (Å²) in [6.07, 6.45) is -6.13. The van der Waals surface area contributed by atoms with Crippen LogP contribution >= 0.6 is 0 Å². The van der Waals surface area contributed by atoms with Gasteiger partial charge in [-0.25, -0.2) is 9.69 Å². The van der Waals surface area contributed by atoms with Gasteiger partial charge in [-0.15, -0.1) is 0 Å². The van der Waals surface area contributed by atoms with Gasteiger partial charge in [0.15, 0.2) is 0 Å². The van der Waals surface area contributed by atoms with E-state index in [4.69, 9.17) is 4.74 Å². The normalized spacial score (nSPS) is 18.0. The minimum absolute atomic E-state index is 0.0664. The summed E-state index contributed by atoms with van der Waals surface area (Å²) in [5, 5.41) is 1.56. The first-order valence-corrected chi connectivity index (χ1v) is 6.69. The maximum Gasteiger partial charge on any atom is 0.471 e. The lowest BCUT2D eigenvalue weighted by Gasteiger charge is -2.16. The number of nitrogens with one attached hydrogen (secondary N) is 1. The van der Waals surface area contributed by atoms with Gasteiger partial charge in [0.25, 0.3) is 5.91 Å². The third-order valence-electron chi connectivity index (χ3n) is 3.19. The highest BCUT2D eigenvalue weighted by atomic mass is 19.4. The van der Waals surface area contributed by atoms with Gasteiger partial charge in [-0.2, -0.15) is 13.2 Å². The average molecular weight is 330 g/mol. The van der Waals surface area contributed by atoms with E-state index in [-0.39, 0.29) is 19.6 Å². The summed E-state index contributed by atoms with van der Waals surface area (Å²) in [6.45, 7) is -0.182. The number of hydrogen-bond acceptors (Lipinski definition) is 4. The van der Waals surface area contributed by atoms with Crippen molar-refractivity contribution in [3.8, 4) is 0 Å². The summed E-state index contributed by atoms with van der Waals surface area (Å²) < 4.78 is 41.4. The molecule has 0 aliphatic carbocycles. The molecule has 6 nitrogen and oxygen atoms in total. The molecule has 0 saturated carbocycles. The Morgan fingerprint density at radius 3 is 2.52 bits per heavy atom. The number of rotatable bonds is 3. The summed E-state index contributed by atoms with van der Waals surface area (Å²) in [6, 6.07) is 7.31. The zero-order chi connectivity index (χ0) is 17.0. The van der Waals surface area contributed by atoms with Crippen LogP contribution in [0.25, 0.3) is 0 Å². The number of halogens is 3. The lowest BCUT2D eigenvalue weighted by Crippen LogP contribution is -2.47. The second-order valence-corrected chi connectivity index (χ2v) is 4.84. The first kappa shape index (κ1) is 16.8. The number of amides is 3. The lowest BCUT2D eigenvalue weighted by atomic mass is 10.2. The van der Waals surface area contributed by atoms with Crippen molar-refractivity contribution in [2.24, 2.45) is 0 Å². The quantitative estimate of drug-likeness (QED) is 0.913. The number of carbonyl (C=O) groups excluding carboxylic acids is 3.